The number of nitrogens with zero attached hydrogens (tertiary/aromatic N) is 3. The number of rotatable bonds is 5. The molecule has 84 valence electrons. The van der Waals surface area contributed by atoms with Crippen molar-refractivity contribution in [3.05, 3.63) is 41.8 Å². The number of pyridine rings is 1. The van der Waals surface area contributed by atoms with Gasteiger partial charge in [0.1, 0.15) is 0 Å². The first-order valence-corrected chi connectivity index (χ1v) is 5.23. The number of aryl methyl sites for hydroxylation is 1. The first-order chi connectivity index (χ1) is 7.84. The third kappa shape index (κ3) is 3.13. The Morgan fingerprint density at radius 1 is 1.44 bits per heavy atom. The molecular formula is C11H14N4O. The molecule has 1 N–H and O–H groups in total. The van der Waals surface area contributed by atoms with Crippen LogP contribution < -0.4 is 5.32 Å². The fourth-order valence-electron chi connectivity index (χ4n) is 1.37. The molecular weight excluding hydrogens is 204 g/mol. The first kappa shape index (κ1) is 10.8. The zero-order valence-electron chi connectivity index (χ0n) is 9.18. The lowest BCUT2D eigenvalue weighted by atomic mass is 10.3. The molecule has 0 fully saturated rings. The van der Waals surface area contributed by atoms with E-state index in [4.69, 9.17) is 4.52 Å². The van der Waals surface area contributed by atoms with Crippen LogP contribution in [-0.2, 0) is 13.0 Å². The van der Waals surface area contributed by atoms with Crippen LogP contribution in [0.5, 0.6) is 0 Å². The molecule has 5 nitrogen and oxygen atoms in total. The van der Waals surface area contributed by atoms with Crippen LogP contribution in [0, 0.1) is 6.92 Å². The van der Waals surface area contributed by atoms with Crippen LogP contribution in [0.2, 0.25) is 0 Å². The zero-order chi connectivity index (χ0) is 11.2. The molecule has 0 aliphatic carbocycles. The molecule has 0 radical (unpaired) electrons. The Kier molecular flexibility index (Phi) is 3.61. The molecule has 0 aliphatic rings. The van der Waals surface area contributed by atoms with Gasteiger partial charge in [0.15, 0.2) is 5.82 Å². The molecule has 0 amide bonds. The van der Waals surface area contributed by atoms with Gasteiger partial charge in [-0.1, -0.05) is 11.2 Å². The molecule has 0 aromatic carbocycles. The van der Waals surface area contributed by atoms with E-state index in [9.17, 15) is 0 Å². The minimum absolute atomic E-state index is 0.677. The molecule has 2 heterocycles. The number of nitrogens with one attached hydrogen (secondary N) is 1. The van der Waals surface area contributed by atoms with Crippen LogP contribution in [-0.4, -0.2) is 21.7 Å². The van der Waals surface area contributed by atoms with Crippen LogP contribution in [0.1, 0.15) is 17.3 Å². The topological polar surface area (TPSA) is 63.8 Å². The van der Waals surface area contributed by atoms with Gasteiger partial charge in [-0.05, 0) is 18.6 Å². The highest BCUT2D eigenvalue weighted by molar-refractivity contribution is 5.07. The molecule has 16 heavy (non-hydrogen) atoms. The van der Waals surface area contributed by atoms with Crippen molar-refractivity contribution in [1.82, 2.24) is 20.4 Å². The van der Waals surface area contributed by atoms with E-state index in [0.29, 0.717) is 11.7 Å². The summed E-state index contributed by atoms with van der Waals surface area (Å²) >= 11 is 0. The number of aromatic nitrogens is 3. The molecule has 2 aromatic heterocycles. The van der Waals surface area contributed by atoms with Gasteiger partial charge in [-0.3, -0.25) is 4.98 Å². The highest BCUT2D eigenvalue weighted by Crippen LogP contribution is 1.97. The first-order valence-electron chi connectivity index (χ1n) is 5.23. The highest BCUT2D eigenvalue weighted by Gasteiger charge is 2.01. The van der Waals surface area contributed by atoms with Crippen molar-refractivity contribution in [2.75, 3.05) is 6.54 Å². The van der Waals surface area contributed by atoms with Gasteiger partial charge in [0, 0.05) is 31.9 Å². The second kappa shape index (κ2) is 5.37. The third-order valence-electron chi connectivity index (χ3n) is 2.14. The van der Waals surface area contributed by atoms with Gasteiger partial charge in [-0.15, -0.1) is 0 Å². The van der Waals surface area contributed by atoms with Gasteiger partial charge in [0.25, 0.3) is 0 Å². The van der Waals surface area contributed by atoms with E-state index in [2.05, 4.69) is 20.4 Å². The van der Waals surface area contributed by atoms with Crippen molar-refractivity contribution >= 4 is 0 Å². The van der Waals surface area contributed by atoms with Crippen LogP contribution in [0.4, 0.5) is 0 Å². The fourth-order valence-corrected chi connectivity index (χ4v) is 1.37. The van der Waals surface area contributed by atoms with Crippen molar-refractivity contribution in [2.45, 2.75) is 19.9 Å². The van der Waals surface area contributed by atoms with Gasteiger partial charge in [-0.25, -0.2) is 0 Å². The monoisotopic (exact) mass is 218 g/mol. The molecule has 0 atom stereocenters. The molecule has 0 bridgehead atoms. The minimum atomic E-state index is 0.677. The smallest absolute Gasteiger partial charge is 0.227 e. The summed E-state index contributed by atoms with van der Waals surface area (Å²) in [5.41, 5.74) is 1.17. The van der Waals surface area contributed by atoms with Crippen molar-refractivity contribution in [3.63, 3.8) is 0 Å². The Labute approximate surface area is 93.9 Å². The lowest BCUT2D eigenvalue weighted by molar-refractivity contribution is 0.372. The van der Waals surface area contributed by atoms with E-state index in [1.165, 1.54) is 5.56 Å². The summed E-state index contributed by atoms with van der Waals surface area (Å²) in [6.07, 6.45) is 4.37. The van der Waals surface area contributed by atoms with Crippen LogP contribution in [0.3, 0.4) is 0 Å². The molecule has 0 spiro atoms. The Hall–Kier alpha value is -1.75. The average molecular weight is 218 g/mol. The number of hydrogen-bond donors (Lipinski definition) is 1. The van der Waals surface area contributed by atoms with Crippen molar-refractivity contribution < 1.29 is 4.52 Å². The van der Waals surface area contributed by atoms with Gasteiger partial charge in [0.2, 0.25) is 5.89 Å². The Morgan fingerprint density at radius 2 is 2.38 bits per heavy atom. The second-order valence-corrected chi connectivity index (χ2v) is 3.52. The highest BCUT2D eigenvalue weighted by atomic mass is 16.5. The Morgan fingerprint density at radius 3 is 3.06 bits per heavy atom. The minimum Gasteiger partial charge on any atom is -0.339 e. The third-order valence-corrected chi connectivity index (χ3v) is 2.14. The normalized spacial score (nSPS) is 10.6. The van der Waals surface area contributed by atoms with Gasteiger partial charge < -0.3 is 9.84 Å². The van der Waals surface area contributed by atoms with Crippen molar-refractivity contribution in [1.29, 1.82) is 0 Å². The molecule has 0 aliphatic heterocycles. The van der Waals surface area contributed by atoms with Gasteiger partial charge in [-0.2, -0.15) is 4.98 Å². The molecule has 2 rings (SSSR count). The van der Waals surface area contributed by atoms with E-state index < -0.39 is 0 Å². The lowest BCUT2D eigenvalue weighted by Gasteiger charge is -2.01. The Balaban J connectivity index is 1.69. The van der Waals surface area contributed by atoms with Crippen molar-refractivity contribution in [2.24, 2.45) is 0 Å². The maximum Gasteiger partial charge on any atom is 0.227 e. The Bertz CT molecular complexity index is 427. The van der Waals surface area contributed by atoms with E-state index in [1.54, 1.807) is 6.20 Å². The van der Waals surface area contributed by atoms with Gasteiger partial charge in [0.05, 0.1) is 0 Å². The quantitative estimate of drug-likeness (QED) is 0.761. The SMILES string of the molecule is Cc1noc(CCNCc2cccnc2)n1. The summed E-state index contributed by atoms with van der Waals surface area (Å²) in [6.45, 7) is 3.44. The van der Waals surface area contributed by atoms with Crippen LogP contribution in [0.25, 0.3) is 0 Å². The summed E-state index contributed by atoms with van der Waals surface area (Å²) in [4.78, 5) is 8.17. The molecule has 0 saturated carbocycles. The molecule has 0 saturated heterocycles. The van der Waals surface area contributed by atoms with E-state index >= 15 is 0 Å². The summed E-state index contributed by atoms with van der Waals surface area (Å²) < 4.78 is 5.00. The molecule has 2 aromatic rings. The van der Waals surface area contributed by atoms with E-state index in [1.807, 2.05) is 25.3 Å². The van der Waals surface area contributed by atoms with E-state index in [0.717, 1.165) is 19.5 Å². The van der Waals surface area contributed by atoms with Crippen molar-refractivity contribution in [3.8, 4) is 0 Å². The van der Waals surface area contributed by atoms with Crippen LogP contribution >= 0.6 is 0 Å². The maximum absolute atomic E-state index is 5.00. The maximum atomic E-state index is 5.00. The standard InChI is InChI=1S/C11H14N4O/c1-9-14-11(16-15-9)4-6-13-8-10-3-2-5-12-7-10/h2-3,5,7,13H,4,6,8H2,1H3. The second-order valence-electron chi connectivity index (χ2n) is 3.52. The average Bonchev–Trinajstić information content (AvgIpc) is 2.72. The summed E-state index contributed by atoms with van der Waals surface area (Å²) in [6, 6.07) is 3.97. The summed E-state index contributed by atoms with van der Waals surface area (Å²) in [5, 5.41) is 7.02. The largest absolute Gasteiger partial charge is 0.339 e. The molecule has 0 unspecified atom stereocenters. The summed E-state index contributed by atoms with van der Waals surface area (Å²) in [7, 11) is 0. The summed E-state index contributed by atoms with van der Waals surface area (Å²) in [5.74, 6) is 1.36. The fraction of sp³-hybridized carbons (Fsp3) is 0.364. The predicted molar refractivity (Wildman–Crippen MR) is 58.7 cm³/mol. The zero-order valence-corrected chi connectivity index (χ0v) is 9.18. The lowest BCUT2D eigenvalue weighted by Crippen LogP contribution is -2.16. The van der Waals surface area contributed by atoms with E-state index in [-0.39, 0.29) is 0 Å². The van der Waals surface area contributed by atoms with Crippen LogP contribution in [0.15, 0.2) is 29.0 Å². The van der Waals surface area contributed by atoms with Gasteiger partial charge >= 0.3 is 0 Å². The number of hydrogen-bond acceptors (Lipinski definition) is 5. The molecule has 5 heteroatoms. The predicted octanol–water partition coefficient (Wildman–Crippen LogP) is 1.11.